The average molecular weight is 416 g/mol. The number of hydrogen-bond donors (Lipinski definition) is 0. The molecule has 3 aromatic rings. The Morgan fingerprint density at radius 1 is 0.800 bits per heavy atom. The molecule has 0 saturated carbocycles. The Hall–Kier alpha value is -2.80. The fraction of sp³-hybridized carbons (Fsp3) is 0.250. The molecule has 0 radical (unpaired) electrons. The predicted molar refractivity (Wildman–Crippen MR) is 119 cm³/mol. The molecule has 0 spiro atoms. The van der Waals surface area contributed by atoms with Crippen LogP contribution < -0.4 is 10.4 Å². The third-order valence-corrected chi connectivity index (χ3v) is 9.18. The second-order valence-corrected chi connectivity index (χ2v) is 10.7. The van der Waals surface area contributed by atoms with Crippen molar-refractivity contribution < 1.29 is 8.85 Å². The normalized spacial score (nSPS) is 22.9. The summed E-state index contributed by atoms with van der Waals surface area (Å²) in [6.45, 7) is 1.88. The highest BCUT2D eigenvalue weighted by molar-refractivity contribution is 6.92. The van der Waals surface area contributed by atoms with Crippen LogP contribution in [0.3, 0.4) is 0 Å². The monoisotopic (exact) mass is 415 g/mol. The summed E-state index contributed by atoms with van der Waals surface area (Å²) in [6.07, 6.45) is 0.877. The second-order valence-electron chi connectivity index (χ2n) is 7.72. The largest absolute Gasteiger partial charge is 0.407 e. The zero-order valence-corrected chi connectivity index (χ0v) is 17.8. The van der Waals surface area contributed by atoms with E-state index < -0.39 is 8.56 Å². The van der Waals surface area contributed by atoms with Crippen LogP contribution in [-0.2, 0) is 15.4 Å². The van der Waals surface area contributed by atoms with Crippen LogP contribution in [0.25, 0.3) is 0 Å². The van der Waals surface area contributed by atoms with E-state index in [0.717, 1.165) is 23.3 Å². The molecule has 2 unspecified atom stereocenters. The lowest BCUT2D eigenvalue weighted by molar-refractivity contribution is 0.102. The summed E-state index contributed by atoms with van der Waals surface area (Å²) in [7, 11) is -2.79. The van der Waals surface area contributed by atoms with Gasteiger partial charge in [0.25, 0.3) is 0 Å². The van der Waals surface area contributed by atoms with Crippen LogP contribution in [0.1, 0.15) is 12.0 Å². The molecule has 0 aliphatic carbocycles. The van der Waals surface area contributed by atoms with E-state index in [1.807, 2.05) is 18.2 Å². The molecule has 5 nitrogen and oxygen atoms in total. The Labute approximate surface area is 178 Å². The highest BCUT2D eigenvalue weighted by atomic mass is 28.4. The average Bonchev–Trinajstić information content (AvgIpc) is 3.16. The van der Waals surface area contributed by atoms with E-state index in [1.165, 1.54) is 5.56 Å². The van der Waals surface area contributed by atoms with E-state index in [2.05, 4.69) is 88.1 Å². The van der Waals surface area contributed by atoms with Crippen LogP contribution in [-0.4, -0.2) is 38.9 Å². The highest BCUT2D eigenvalue weighted by Crippen LogP contribution is 2.27. The standard InChI is InChI=1S/C24H25N3O2Si/c1-4-10-20(11-5-1)18-27-24-16-17-28-30(21-12-6-2-7-13-21,22-14-8-3-9-15-22)29-19-23(24)25-26-27/h1-15,23-24H,16-19H2. The summed E-state index contributed by atoms with van der Waals surface area (Å²) in [5.41, 5.74) is 1.23. The minimum atomic E-state index is -2.79. The Bertz CT molecular complexity index is 946. The summed E-state index contributed by atoms with van der Waals surface area (Å²) < 4.78 is 13.3. The van der Waals surface area contributed by atoms with Gasteiger partial charge in [-0.15, -0.1) is 0 Å². The minimum Gasteiger partial charge on any atom is -0.388 e. The van der Waals surface area contributed by atoms with Gasteiger partial charge in [0.15, 0.2) is 0 Å². The number of nitrogens with zero attached hydrogens (tertiary/aromatic N) is 3. The number of fused-ring (bicyclic) bond motifs is 1. The molecule has 1 fully saturated rings. The van der Waals surface area contributed by atoms with Gasteiger partial charge in [0, 0.05) is 6.61 Å². The fourth-order valence-corrected chi connectivity index (χ4v) is 7.42. The third-order valence-electron chi connectivity index (χ3n) is 5.81. The van der Waals surface area contributed by atoms with Crippen molar-refractivity contribution in [3.63, 3.8) is 0 Å². The minimum absolute atomic E-state index is 0.0249. The molecule has 30 heavy (non-hydrogen) atoms. The van der Waals surface area contributed by atoms with Crippen molar-refractivity contribution in [3.05, 3.63) is 96.6 Å². The van der Waals surface area contributed by atoms with E-state index in [1.54, 1.807) is 0 Å². The molecular weight excluding hydrogens is 390 g/mol. The Morgan fingerprint density at radius 2 is 1.40 bits per heavy atom. The van der Waals surface area contributed by atoms with Gasteiger partial charge in [-0.1, -0.05) is 96.2 Å². The molecule has 2 aliphatic heterocycles. The van der Waals surface area contributed by atoms with Crippen LogP contribution in [0.15, 0.2) is 101 Å². The van der Waals surface area contributed by atoms with Crippen LogP contribution in [0.5, 0.6) is 0 Å². The van der Waals surface area contributed by atoms with E-state index in [0.29, 0.717) is 13.2 Å². The van der Waals surface area contributed by atoms with Gasteiger partial charge in [-0.3, -0.25) is 5.01 Å². The topological polar surface area (TPSA) is 46.4 Å². The molecule has 2 atom stereocenters. The quantitative estimate of drug-likeness (QED) is 0.614. The fourth-order valence-electron chi connectivity index (χ4n) is 4.26. The van der Waals surface area contributed by atoms with E-state index in [9.17, 15) is 0 Å². The zero-order chi connectivity index (χ0) is 20.2. The van der Waals surface area contributed by atoms with Crippen LogP contribution in [0.2, 0.25) is 0 Å². The smallest absolute Gasteiger partial charge is 0.388 e. The molecule has 0 N–H and O–H groups in total. The number of hydrogen-bond acceptors (Lipinski definition) is 5. The molecule has 1 saturated heterocycles. The van der Waals surface area contributed by atoms with Crippen molar-refractivity contribution in [1.29, 1.82) is 0 Å². The molecule has 2 aliphatic rings. The van der Waals surface area contributed by atoms with Gasteiger partial charge in [-0.05, 0) is 22.4 Å². The number of rotatable bonds is 4. The van der Waals surface area contributed by atoms with Crippen molar-refractivity contribution >= 4 is 18.9 Å². The summed E-state index contributed by atoms with van der Waals surface area (Å²) in [5.74, 6) is 0. The maximum atomic E-state index is 6.69. The highest BCUT2D eigenvalue weighted by Gasteiger charge is 2.46. The SMILES string of the molecule is c1ccc(CN2N=NC3CO[Si](c4ccccc4)(c4ccccc4)OCCC32)cc1. The predicted octanol–water partition coefficient (Wildman–Crippen LogP) is 3.30. The Morgan fingerprint density at radius 3 is 2.03 bits per heavy atom. The molecule has 3 aromatic carbocycles. The molecule has 5 rings (SSSR count). The number of benzene rings is 3. The first-order valence-electron chi connectivity index (χ1n) is 10.5. The van der Waals surface area contributed by atoms with Gasteiger partial charge >= 0.3 is 8.56 Å². The van der Waals surface area contributed by atoms with Gasteiger partial charge in [-0.25, -0.2) is 0 Å². The van der Waals surface area contributed by atoms with Gasteiger partial charge in [0.2, 0.25) is 0 Å². The Balaban J connectivity index is 1.40. The maximum Gasteiger partial charge on any atom is 0.407 e. The van der Waals surface area contributed by atoms with E-state index in [-0.39, 0.29) is 12.1 Å². The maximum absolute atomic E-state index is 6.69. The molecule has 2 heterocycles. The van der Waals surface area contributed by atoms with Gasteiger partial charge in [0.05, 0.1) is 19.2 Å². The molecule has 152 valence electrons. The van der Waals surface area contributed by atoms with Crippen LogP contribution in [0.4, 0.5) is 0 Å². The first-order valence-corrected chi connectivity index (χ1v) is 12.3. The van der Waals surface area contributed by atoms with Gasteiger partial charge < -0.3 is 8.85 Å². The van der Waals surface area contributed by atoms with E-state index >= 15 is 0 Å². The van der Waals surface area contributed by atoms with E-state index in [4.69, 9.17) is 8.85 Å². The van der Waals surface area contributed by atoms with Crippen molar-refractivity contribution in [2.75, 3.05) is 13.2 Å². The summed E-state index contributed by atoms with van der Waals surface area (Å²) in [5, 5.41) is 13.4. The molecule has 0 amide bonds. The first-order chi connectivity index (χ1) is 14.9. The summed E-state index contributed by atoms with van der Waals surface area (Å²) >= 11 is 0. The van der Waals surface area contributed by atoms with Crippen molar-refractivity contribution in [2.45, 2.75) is 25.0 Å². The second kappa shape index (κ2) is 8.51. The zero-order valence-electron chi connectivity index (χ0n) is 16.8. The molecule has 0 aromatic heterocycles. The van der Waals surface area contributed by atoms with Crippen LogP contribution in [0, 0.1) is 0 Å². The Kier molecular flexibility index (Phi) is 5.44. The van der Waals surface area contributed by atoms with Crippen molar-refractivity contribution in [3.8, 4) is 0 Å². The van der Waals surface area contributed by atoms with Gasteiger partial charge in [0.1, 0.15) is 6.04 Å². The van der Waals surface area contributed by atoms with Crippen molar-refractivity contribution in [2.24, 2.45) is 10.3 Å². The van der Waals surface area contributed by atoms with Crippen molar-refractivity contribution in [1.82, 2.24) is 5.01 Å². The first kappa shape index (κ1) is 19.2. The van der Waals surface area contributed by atoms with Gasteiger partial charge in [-0.2, -0.15) is 5.11 Å². The summed E-state index contributed by atoms with van der Waals surface area (Å²) in [6, 6.07) is 31.4. The lowest BCUT2D eigenvalue weighted by atomic mass is 10.1. The summed E-state index contributed by atoms with van der Waals surface area (Å²) in [4.78, 5) is 0. The molecule has 6 heteroatoms. The lowest BCUT2D eigenvalue weighted by Gasteiger charge is -2.36. The molecular formula is C24H25N3O2Si. The lowest BCUT2D eigenvalue weighted by Crippen LogP contribution is -2.65. The molecule has 0 bridgehead atoms. The third kappa shape index (κ3) is 3.69. The van der Waals surface area contributed by atoms with Crippen LogP contribution >= 0.6 is 0 Å².